The molecule has 3 N–H and O–H groups in total. The molecule has 0 spiro atoms. The normalized spacial score (nSPS) is 12.0. The van der Waals surface area contributed by atoms with Crippen LogP contribution in [0.3, 0.4) is 0 Å². The van der Waals surface area contributed by atoms with Gasteiger partial charge in [0.25, 0.3) is 5.91 Å². The van der Waals surface area contributed by atoms with Gasteiger partial charge in [0, 0.05) is 30.6 Å². The van der Waals surface area contributed by atoms with Crippen molar-refractivity contribution >= 4 is 5.91 Å². The molecule has 1 aromatic carbocycles. The highest BCUT2D eigenvalue weighted by molar-refractivity contribution is 5.92. The van der Waals surface area contributed by atoms with Gasteiger partial charge in [-0.1, -0.05) is 6.07 Å². The zero-order valence-corrected chi connectivity index (χ0v) is 12.9. The van der Waals surface area contributed by atoms with Crippen molar-refractivity contribution in [3.63, 3.8) is 0 Å². The summed E-state index contributed by atoms with van der Waals surface area (Å²) in [6, 6.07) is 5.74. The standard InChI is InChI=1S/C17H14F2N4O2/c18-11-3-4-12(13(19)6-11)14(20)8-22-16(24)15-9-25-17(23-15)10-2-1-5-21-7-10/h1-7,9,14H,8,20H2,(H,22,24). The van der Waals surface area contributed by atoms with E-state index in [-0.39, 0.29) is 23.7 Å². The Labute approximate surface area is 141 Å². The summed E-state index contributed by atoms with van der Waals surface area (Å²) in [6.45, 7) is -0.0452. The molecule has 2 heterocycles. The van der Waals surface area contributed by atoms with Gasteiger partial charge in [-0.05, 0) is 18.2 Å². The fourth-order valence-electron chi connectivity index (χ4n) is 2.21. The number of oxazole rings is 1. The Bertz CT molecular complexity index is 883. The molecule has 3 aromatic rings. The average Bonchev–Trinajstić information content (AvgIpc) is 3.10. The molecule has 2 aromatic heterocycles. The molecule has 1 unspecified atom stereocenters. The van der Waals surface area contributed by atoms with Crippen LogP contribution in [-0.4, -0.2) is 22.4 Å². The van der Waals surface area contributed by atoms with Gasteiger partial charge in [-0.2, -0.15) is 0 Å². The van der Waals surface area contributed by atoms with E-state index in [0.717, 1.165) is 12.1 Å². The van der Waals surface area contributed by atoms with Gasteiger partial charge in [-0.25, -0.2) is 13.8 Å². The molecule has 8 heteroatoms. The molecular formula is C17H14F2N4O2. The second-order valence-electron chi connectivity index (χ2n) is 5.26. The van der Waals surface area contributed by atoms with E-state index in [2.05, 4.69) is 15.3 Å². The SMILES string of the molecule is NC(CNC(=O)c1coc(-c2cccnc2)n1)c1ccc(F)cc1F. The number of carbonyl (C=O) groups excluding carboxylic acids is 1. The first-order chi connectivity index (χ1) is 12.0. The first kappa shape index (κ1) is 16.7. The van der Waals surface area contributed by atoms with Crippen LogP contribution in [0.25, 0.3) is 11.5 Å². The average molecular weight is 344 g/mol. The van der Waals surface area contributed by atoms with Crippen molar-refractivity contribution in [1.82, 2.24) is 15.3 Å². The third-order valence-corrected chi connectivity index (χ3v) is 3.49. The Morgan fingerprint density at radius 3 is 2.88 bits per heavy atom. The molecular weight excluding hydrogens is 330 g/mol. The summed E-state index contributed by atoms with van der Waals surface area (Å²) in [6.07, 6.45) is 4.37. The third kappa shape index (κ3) is 3.86. The van der Waals surface area contributed by atoms with Gasteiger partial charge in [-0.3, -0.25) is 9.78 Å². The number of halogens is 2. The summed E-state index contributed by atoms with van der Waals surface area (Å²) in [5.74, 6) is -1.71. The number of benzene rings is 1. The number of pyridine rings is 1. The number of nitrogens with two attached hydrogens (primary N) is 1. The monoisotopic (exact) mass is 344 g/mol. The van der Waals surface area contributed by atoms with Crippen LogP contribution in [0.15, 0.2) is 53.4 Å². The summed E-state index contributed by atoms with van der Waals surface area (Å²) in [7, 11) is 0. The van der Waals surface area contributed by atoms with Gasteiger partial charge in [0.15, 0.2) is 5.69 Å². The van der Waals surface area contributed by atoms with Gasteiger partial charge >= 0.3 is 0 Å². The Balaban J connectivity index is 1.64. The van der Waals surface area contributed by atoms with Gasteiger partial charge in [-0.15, -0.1) is 0 Å². The molecule has 0 saturated heterocycles. The Morgan fingerprint density at radius 2 is 2.16 bits per heavy atom. The lowest BCUT2D eigenvalue weighted by Gasteiger charge is -2.13. The minimum absolute atomic E-state index is 0.0452. The van der Waals surface area contributed by atoms with Crippen LogP contribution in [0, 0.1) is 11.6 Å². The largest absolute Gasteiger partial charge is 0.444 e. The Hall–Kier alpha value is -3.13. The van der Waals surface area contributed by atoms with Gasteiger partial charge in [0.1, 0.15) is 17.9 Å². The lowest BCUT2D eigenvalue weighted by Crippen LogP contribution is -2.32. The quantitative estimate of drug-likeness (QED) is 0.741. The van der Waals surface area contributed by atoms with Crippen LogP contribution in [0.5, 0.6) is 0 Å². The van der Waals surface area contributed by atoms with Crippen molar-refractivity contribution in [2.45, 2.75) is 6.04 Å². The van der Waals surface area contributed by atoms with Crippen LogP contribution in [0.1, 0.15) is 22.1 Å². The second kappa shape index (κ2) is 7.18. The number of nitrogens with zero attached hydrogens (tertiary/aromatic N) is 2. The predicted molar refractivity (Wildman–Crippen MR) is 85.4 cm³/mol. The first-order valence-electron chi connectivity index (χ1n) is 7.39. The van der Waals surface area contributed by atoms with E-state index in [9.17, 15) is 13.6 Å². The molecule has 6 nitrogen and oxygen atoms in total. The zero-order chi connectivity index (χ0) is 17.8. The second-order valence-corrected chi connectivity index (χ2v) is 5.26. The van der Waals surface area contributed by atoms with Crippen molar-refractivity contribution in [3.05, 3.63) is 71.9 Å². The fourth-order valence-corrected chi connectivity index (χ4v) is 2.21. The summed E-state index contributed by atoms with van der Waals surface area (Å²) < 4.78 is 31.8. The zero-order valence-electron chi connectivity index (χ0n) is 12.9. The van der Waals surface area contributed by atoms with Crippen LogP contribution >= 0.6 is 0 Å². The summed E-state index contributed by atoms with van der Waals surface area (Å²) in [5.41, 5.74) is 6.64. The highest BCUT2D eigenvalue weighted by atomic mass is 19.1. The maximum Gasteiger partial charge on any atom is 0.273 e. The Morgan fingerprint density at radius 1 is 1.32 bits per heavy atom. The van der Waals surface area contributed by atoms with Crippen LogP contribution < -0.4 is 11.1 Å². The molecule has 1 amide bonds. The minimum atomic E-state index is -0.825. The lowest BCUT2D eigenvalue weighted by molar-refractivity contribution is 0.0946. The molecule has 25 heavy (non-hydrogen) atoms. The lowest BCUT2D eigenvalue weighted by atomic mass is 10.1. The van der Waals surface area contributed by atoms with Crippen molar-refractivity contribution in [3.8, 4) is 11.5 Å². The van der Waals surface area contributed by atoms with Gasteiger partial charge < -0.3 is 15.5 Å². The smallest absolute Gasteiger partial charge is 0.273 e. The molecule has 128 valence electrons. The third-order valence-electron chi connectivity index (χ3n) is 3.49. The van der Waals surface area contributed by atoms with E-state index in [1.165, 1.54) is 12.3 Å². The number of aromatic nitrogens is 2. The number of hydrogen-bond acceptors (Lipinski definition) is 5. The molecule has 0 radical (unpaired) electrons. The number of amides is 1. The maximum atomic E-state index is 13.7. The van der Waals surface area contributed by atoms with Crippen LogP contribution in [-0.2, 0) is 0 Å². The van der Waals surface area contributed by atoms with Gasteiger partial charge in [0.05, 0.1) is 11.6 Å². The summed E-state index contributed by atoms with van der Waals surface area (Å²) in [4.78, 5) is 20.1. The maximum absolute atomic E-state index is 13.7. The van der Waals surface area contributed by atoms with E-state index in [1.807, 2.05) is 0 Å². The number of carbonyl (C=O) groups is 1. The number of rotatable bonds is 5. The minimum Gasteiger partial charge on any atom is -0.444 e. The molecule has 0 aliphatic heterocycles. The summed E-state index contributed by atoms with van der Waals surface area (Å²) >= 11 is 0. The van der Waals surface area contributed by atoms with E-state index in [0.29, 0.717) is 5.56 Å². The van der Waals surface area contributed by atoms with Crippen molar-refractivity contribution < 1.29 is 18.0 Å². The van der Waals surface area contributed by atoms with Crippen LogP contribution in [0.2, 0.25) is 0 Å². The van der Waals surface area contributed by atoms with E-state index < -0.39 is 23.6 Å². The molecule has 1 atom stereocenters. The molecule has 0 aliphatic carbocycles. The fraction of sp³-hybridized carbons (Fsp3) is 0.118. The van der Waals surface area contributed by atoms with Crippen LogP contribution in [0.4, 0.5) is 8.78 Å². The van der Waals surface area contributed by atoms with Crippen molar-refractivity contribution in [2.75, 3.05) is 6.54 Å². The highest BCUT2D eigenvalue weighted by Crippen LogP contribution is 2.18. The number of hydrogen-bond donors (Lipinski definition) is 2. The molecule has 0 saturated carbocycles. The van der Waals surface area contributed by atoms with Gasteiger partial charge in [0.2, 0.25) is 5.89 Å². The number of nitrogens with one attached hydrogen (secondary N) is 1. The molecule has 0 bridgehead atoms. The van der Waals surface area contributed by atoms with Crippen molar-refractivity contribution in [1.29, 1.82) is 0 Å². The molecule has 0 fully saturated rings. The van der Waals surface area contributed by atoms with E-state index >= 15 is 0 Å². The first-order valence-corrected chi connectivity index (χ1v) is 7.39. The van der Waals surface area contributed by atoms with E-state index in [1.54, 1.807) is 24.5 Å². The Kier molecular flexibility index (Phi) is 4.80. The predicted octanol–water partition coefficient (Wildman–Crippen LogP) is 2.44. The summed E-state index contributed by atoms with van der Waals surface area (Å²) in [5, 5.41) is 2.54. The topological polar surface area (TPSA) is 94.0 Å². The molecule has 0 aliphatic rings. The van der Waals surface area contributed by atoms with Crippen molar-refractivity contribution in [2.24, 2.45) is 5.73 Å². The van der Waals surface area contributed by atoms with E-state index in [4.69, 9.17) is 10.2 Å². The highest BCUT2D eigenvalue weighted by Gasteiger charge is 2.17. The molecule has 3 rings (SSSR count).